The maximum Gasteiger partial charge on any atom is 0.214 e. The van der Waals surface area contributed by atoms with Crippen LogP contribution in [0.4, 0.5) is 0 Å². The van der Waals surface area contributed by atoms with Gasteiger partial charge in [0.25, 0.3) is 0 Å². The van der Waals surface area contributed by atoms with Crippen molar-refractivity contribution in [2.75, 3.05) is 0 Å². The number of hydrogen-bond acceptors (Lipinski definition) is 5. The highest BCUT2D eigenvalue weighted by molar-refractivity contribution is 9.10. The lowest BCUT2D eigenvalue weighted by molar-refractivity contribution is -0.185. The number of halogens is 1. The Bertz CT molecular complexity index is 679. The molecule has 0 aliphatic rings. The molecule has 2 heterocycles. The average Bonchev–Trinajstić information content (AvgIpc) is 2.74. The summed E-state index contributed by atoms with van der Waals surface area (Å²) < 4.78 is 8.43. The number of rotatable bonds is 5. The van der Waals surface area contributed by atoms with Crippen molar-refractivity contribution in [3.05, 3.63) is 22.7 Å². The maximum atomic E-state index is 10.1. The summed E-state index contributed by atoms with van der Waals surface area (Å²) in [5, 5.41) is 13.1. The Morgan fingerprint density at radius 3 is 2.52 bits per heavy atom. The van der Waals surface area contributed by atoms with Crippen LogP contribution in [-0.4, -0.2) is 31.7 Å². The smallest absolute Gasteiger partial charge is 0.214 e. The molecule has 0 amide bonds. The second-order valence-corrected chi connectivity index (χ2v) is 7.71. The number of nitrogens with one attached hydrogen (secondary N) is 1. The summed E-state index contributed by atoms with van der Waals surface area (Å²) in [6, 6.07) is 2.01. The third kappa shape index (κ3) is 4.50. The van der Waals surface area contributed by atoms with E-state index in [0.29, 0.717) is 0 Å². The quantitative estimate of drug-likeness (QED) is 0.609. The van der Waals surface area contributed by atoms with Gasteiger partial charge in [-0.25, -0.2) is 9.97 Å². The number of aliphatic hydroxyl groups excluding tert-OH is 1. The molecular weight excluding hydrogens is 360 g/mol. The van der Waals surface area contributed by atoms with E-state index in [9.17, 15) is 5.11 Å². The minimum Gasteiger partial charge on any atom is -0.356 e. The van der Waals surface area contributed by atoms with Crippen molar-refractivity contribution >= 4 is 27.0 Å². The largest absolute Gasteiger partial charge is 0.356 e. The van der Waals surface area contributed by atoms with Crippen LogP contribution in [0.3, 0.4) is 0 Å². The fraction of sp³-hybridized carbons (Fsp3) is 0.625. The number of fused-ring (bicyclic) bond motifs is 1. The Kier molecular flexibility index (Phi) is 5.45. The molecule has 2 aromatic heterocycles. The zero-order valence-electron chi connectivity index (χ0n) is 14.5. The molecule has 0 aromatic carbocycles. The average molecular weight is 385 g/mol. The fourth-order valence-corrected chi connectivity index (χ4v) is 2.82. The topological polar surface area (TPSA) is 72.2 Å². The molecule has 0 radical (unpaired) electrons. The minimum absolute atomic E-state index is 0.180. The third-order valence-electron chi connectivity index (χ3n) is 3.33. The summed E-state index contributed by atoms with van der Waals surface area (Å²) >= 11 is 3.41. The molecule has 0 aliphatic carbocycles. The highest BCUT2D eigenvalue weighted by atomic mass is 79.9. The predicted octanol–water partition coefficient (Wildman–Crippen LogP) is 3.52. The van der Waals surface area contributed by atoms with Crippen LogP contribution in [0.25, 0.3) is 11.0 Å². The SMILES string of the molecule is CC(C)n1c([C@H](C)NC(O)OC(C)(C)C)nc2cnc(Br)cc21. The first kappa shape index (κ1) is 18.3. The molecule has 0 saturated heterocycles. The van der Waals surface area contributed by atoms with Crippen LogP contribution in [-0.2, 0) is 4.74 Å². The maximum absolute atomic E-state index is 10.1. The molecule has 2 rings (SSSR count). The molecule has 0 saturated carbocycles. The Labute approximate surface area is 145 Å². The van der Waals surface area contributed by atoms with Gasteiger partial charge in [-0.2, -0.15) is 0 Å². The number of hydrogen-bond donors (Lipinski definition) is 2. The van der Waals surface area contributed by atoms with E-state index < -0.39 is 12.0 Å². The predicted molar refractivity (Wildman–Crippen MR) is 94.0 cm³/mol. The number of aliphatic hydroxyl groups is 1. The van der Waals surface area contributed by atoms with Crippen molar-refractivity contribution in [3.8, 4) is 0 Å². The van der Waals surface area contributed by atoms with E-state index in [2.05, 4.69) is 49.6 Å². The van der Waals surface area contributed by atoms with Gasteiger partial charge in [0.1, 0.15) is 15.9 Å². The van der Waals surface area contributed by atoms with E-state index in [1.807, 2.05) is 33.8 Å². The molecule has 0 aliphatic heterocycles. The van der Waals surface area contributed by atoms with Gasteiger partial charge in [0.2, 0.25) is 6.41 Å². The number of imidazole rings is 1. The fourth-order valence-electron chi connectivity index (χ4n) is 2.50. The summed E-state index contributed by atoms with van der Waals surface area (Å²) in [4.78, 5) is 8.91. The van der Waals surface area contributed by atoms with Crippen LogP contribution in [0.15, 0.2) is 16.9 Å². The number of aromatic nitrogens is 3. The molecule has 0 fully saturated rings. The highest BCUT2D eigenvalue weighted by Gasteiger charge is 2.23. The van der Waals surface area contributed by atoms with Crippen molar-refractivity contribution in [1.82, 2.24) is 19.9 Å². The van der Waals surface area contributed by atoms with Gasteiger partial charge < -0.3 is 14.4 Å². The summed E-state index contributed by atoms with van der Waals surface area (Å²) in [6.07, 6.45) is 0.687. The normalized spacial score (nSPS) is 15.3. The summed E-state index contributed by atoms with van der Waals surface area (Å²) in [5.41, 5.74) is 1.41. The van der Waals surface area contributed by atoms with Crippen LogP contribution in [0.2, 0.25) is 0 Å². The monoisotopic (exact) mass is 384 g/mol. The summed E-state index contributed by atoms with van der Waals surface area (Å²) in [7, 11) is 0. The van der Waals surface area contributed by atoms with Crippen molar-refractivity contribution in [3.63, 3.8) is 0 Å². The molecule has 2 N–H and O–H groups in total. The Morgan fingerprint density at radius 2 is 1.96 bits per heavy atom. The zero-order chi connectivity index (χ0) is 17.4. The van der Waals surface area contributed by atoms with Gasteiger partial charge >= 0.3 is 0 Å². The first-order valence-electron chi connectivity index (χ1n) is 7.74. The zero-order valence-corrected chi connectivity index (χ0v) is 16.0. The Hall–Kier alpha value is -1.02. The summed E-state index contributed by atoms with van der Waals surface area (Å²) in [5.74, 6) is 0.839. The molecule has 0 spiro atoms. The molecule has 7 heteroatoms. The number of nitrogens with zero attached hydrogens (tertiary/aromatic N) is 3. The van der Waals surface area contributed by atoms with Gasteiger partial charge in [0.05, 0.1) is 23.4 Å². The molecular formula is C16H25BrN4O2. The van der Waals surface area contributed by atoms with Gasteiger partial charge in [-0.05, 0) is 63.5 Å². The van der Waals surface area contributed by atoms with Gasteiger partial charge in [-0.3, -0.25) is 5.32 Å². The van der Waals surface area contributed by atoms with Crippen LogP contribution in [0.1, 0.15) is 59.5 Å². The standard InChI is InChI=1S/C16H25BrN4O2/c1-9(2)21-12-7-13(17)18-8-11(12)20-14(21)10(3)19-15(22)23-16(4,5)6/h7-10,15,19,22H,1-6H3/t10-,15?/m0/s1. The van der Waals surface area contributed by atoms with Gasteiger partial charge in [-0.15, -0.1) is 0 Å². The van der Waals surface area contributed by atoms with E-state index in [0.717, 1.165) is 21.5 Å². The highest BCUT2D eigenvalue weighted by Crippen LogP contribution is 2.26. The van der Waals surface area contributed by atoms with Crippen molar-refractivity contribution in [2.24, 2.45) is 0 Å². The lowest BCUT2D eigenvalue weighted by atomic mass is 10.2. The molecule has 6 nitrogen and oxygen atoms in total. The van der Waals surface area contributed by atoms with Gasteiger partial charge in [0.15, 0.2) is 0 Å². The number of pyridine rings is 1. The third-order valence-corrected chi connectivity index (χ3v) is 3.76. The van der Waals surface area contributed by atoms with Crippen LogP contribution in [0, 0.1) is 0 Å². The van der Waals surface area contributed by atoms with E-state index in [-0.39, 0.29) is 12.1 Å². The molecule has 1 unspecified atom stereocenters. The molecule has 0 bridgehead atoms. The van der Waals surface area contributed by atoms with Gasteiger partial charge in [0, 0.05) is 6.04 Å². The lowest BCUT2D eigenvalue weighted by Gasteiger charge is -2.27. The lowest BCUT2D eigenvalue weighted by Crippen LogP contribution is -2.40. The molecule has 23 heavy (non-hydrogen) atoms. The van der Waals surface area contributed by atoms with Gasteiger partial charge in [-0.1, -0.05) is 0 Å². The molecule has 2 aromatic rings. The van der Waals surface area contributed by atoms with Crippen molar-refractivity contribution in [2.45, 2.75) is 65.6 Å². The van der Waals surface area contributed by atoms with Crippen LogP contribution >= 0.6 is 15.9 Å². The molecule has 2 atom stereocenters. The molecule has 128 valence electrons. The second-order valence-electron chi connectivity index (χ2n) is 6.90. The van der Waals surface area contributed by atoms with Crippen LogP contribution < -0.4 is 5.32 Å². The van der Waals surface area contributed by atoms with E-state index in [4.69, 9.17) is 4.74 Å². The van der Waals surface area contributed by atoms with Crippen LogP contribution in [0.5, 0.6) is 0 Å². The summed E-state index contributed by atoms with van der Waals surface area (Å²) in [6.45, 7) is 11.9. The first-order chi connectivity index (χ1) is 10.6. The van der Waals surface area contributed by atoms with Crippen molar-refractivity contribution < 1.29 is 9.84 Å². The van der Waals surface area contributed by atoms with E-state index >= 15 is 0 Å². The minimum atomic E-state index is -1.06. The number of ether oxygens (including phenoxy) is 1. The first-order valence-corrected chi connectivity index (χ1v) is 8.53. The Morgan fingerprint density at radius 1 is 1.30 bits per heavy atom. The second kappa shape index (κ2) is 6.84. The van der Waals surface area contributed by atoms with E-state index in [1.165, 1.54) is 0 Å². The Balaban J connectivity index is 2.33. The van der Waals surface area contributed by atoms with Crippen molar-refractivity contribution in [1.29, 1.82) is 0 Å². The van der Waals surface area contributed by atoms with E-state index in [1.54, 1.807) is 6.20 Å².